The minimum atomic E-state index is 0.0228. The summed E-state index contributed by atoms with van der Waals surface area (Å²) in [6, 6.07) is 4.64. The fourth-order valence-corrected chi connectivity index (χ4v) is 3.78. The van der Waals surface area contributed by atoms with E-state index >= 15 is 0 Å². The molecule has 0 aromatic carbocycles. The van der Waals surface area contributed by atoms with E-state index in [1.54, 1.807) is 11.3 Å². The Labute approximate surface area is 122 Å². The zero-order valence-corrected chi connectivity index (χ0v) is 13.5. The van der Waals surface area contributed by atoms with E-state index in [1.807, 2.05) is 13.8 Å². The van der Waals surface area contributed by atoms with Crippen LogP contribution in [0.1, 0.15) is 31.7 Å². The van der Waals surface area contributed by atoms with Crippen LogP contribution in [-0.4, -0.2) is 24.0 Å². The largest absolute Gasteiger partial charge is 0.326 e. The zero-order chi connectivity index (χ0) is 13.7. The molecule has 3 nitrogen and oxygen atoms in total. The van der Waals surface area contributed by atoms with Crippen molar-refractivity contribution in [3.63, 3.8) is 0 Å². The molecule has 0 amide bonds. The number of nitrogens with two attached hydrogens (primary N) is 1. The van der Waals surface area contributed by atoms with Crippen molar-refractivity contribution in [2.45, 2.75) is 32.9 Å². The van der Waals surface area contributed by atoms with E-state index in [0.717, 1.165) is 17.6 Å². The molecular weight excluding hydrogens is 310 g/mol. The number of thiophene rings is 1. The van der Waals surface area contributed by atoms with Gasteiger partial charge in [0.25, 0.3) is 0 Å². The average molecular weight is 330 g/mol. The number of nitrogens with zero attached hydrogens (tertiary/aromatic N) is 2. The molecule has 0 aliphatic rings. The van der Waals surface area contributed by atoms with Crippen molar-refractivity contribution in [1.29, 1.82) is 5.26 Å². The molecule has 1 rings (SSSR count). The van der Waals surface area contributed by atoms with Crippen LogP contribution in [0.15, 0.2) is 15.9 Å². The summed E-state index contributed by atoms with van der Waals surface area (Å²) in [4.78, 5) is 3.54. The average Bonchev–Trinajstić information content (AvgIpc) is 2.73. The van der Waals surface area contributed by atoms with Gasteiger partial charge in [-0.05, 0) is 42.4 Å². The molecule has 0 bridgehead atoms. The van der Waals surface area contributed by atoms with Crippen molar-refractivity contribution in [3.05, 3.63) is 20.8 Å². The summed E-state index contributed by atoms with van der Waals surface area (Å²) < 4.78 is 1.09. The molecule has 3 unspecified atom stereocenters. The van der Waals surface area contributed by atoms with Crippen LogP contribution in [0.25, 0.3) is 0 Å². The van der Waals surface area contributed by atoms with Crippen LogP contribution in [0, 0.1) is 17.2 Å². The lowest BCUT2D eigenvalue weighted by Gasteiger charge is -2.33. The molecule has 0 spiro atoms. The first-order valence-electron chi connectivity index (χ1n) is 6.12. The number of halogens is 1. The van der Waals surface area contributed by atoms with Gasteiger partial charge < -0.3 is 5.73 Å². The van der Waals surface area contributed by atoms with Gasteiger partial charge in [0, 0.05) is 27.3 Å². The highest BCUT2D eigenvalue weighted by Crippen LogP contribution is 2.31. The van der Waals surface area contributed by atoms with Crippen LogP contribution in [0.2, 0.25) is 0 Å². The van der Waals surface area contributed by atoms with Gasteiger partial charge in [0.05, 0.1) is 18.0 Å². The summed E-state index contributed by atoms with van der Waals surface area (Å²) in [6.45, 7) is 7.74. The van der Waals surface area contributed by atoms with Crippen molar-refractivity contribution >= 4 is 27.3 Å². The van der Waals surface area contributed by atoms with Crippen LogP contribution in [0.3, 0.4) is 0 Å². The first-order chi connectivity index (χ1) is 8.49. The molecule has 0 aliphatic carbocycles. The maximum Gasteiger partial charge on any atom is 0.0666 e. The number of likely N-dealkylation sites (N-methyl/N-ethyl adjacent to an activating group) is 1. The minimum absolute atomic E-state index is 0.0228. The highest BCUT2D eigenvalue weighted by Gasteiger charge is 2.25. The third-order valence-electron chi connectivity index (χ3n) is 2.91. The maximum absolute atomic E-state index is 8.96. The highest BCUT2D eigenvalue weighted by molar-refractivity contribution is 9.10. The second-order valence-corrected chi connectivity index (χ2v) is 6.45. The van der Waals surface area contributed by atoms with Crippen molar-refractivity contribution in [2.24, 2.45) is 11.7 Å². The third kappa shape index (κ3) is 4.06. The first-order valence-corrected chi connectivity index (χ1v) is 7.80. The van der Waals surface area contributed by atoms with Gasteiger partial charge in [0.15, 0.2) is 0 Å². The Morgan fingerprint density at radius 3 is 2.61 bits per heavy atom. The van der Waals surface area contributed by atoms with E-state index in [2.05, 4.69) is 45.3 Å². The topological polar surface area (TPSA) is 53.0 Å². The fraction of sp³-hybridized carbons (Fsp3) is 0.615. The lowest BCUT2D eigenvalue weighted by atomic mass is 10.0. The summed E-state index contributed by atoms with van der Waals surface area (Å²) in [5.41, 5.74) is 6.14. The Kier molecular flexibility index (Phi) is 6.30. The molecule has 1 heterocycles. The molecule has 1 aromatic heterocycles. The monoisotopic (exact) mass is 329 g/mol. The number of hydrogen-bond acceptors (Lipinski definition) is 4. The van der Waals surface area contributed by atoms with E-state index in [9.17, 15) is 0 Å². The van der Waals surface area contributed by atoms with Gasteiger partial charge in [0.1, 0.15) is 0 Å². The number of hydrogen-bond donors (Lipinski definition) is 1. The lowest BCUT2D eigenvalue weighted by molar-refractivity contribution is 0.176. The molecule has 1 aromatic rings. The van der Waals surface area contributed by atoms with E-state index in [1.165, 1.54) is 4.88 Å². The molecule has 2 N–H and O–H groups in total. The van der Waals surface area contributed by atoms with Gasteiger partial charge >= 0.3 is 0 Å². The van der Waals surface area contributed by atoms with Crippen molar-refractivity contribution in [3.8, 4) is 6.07 Å². The minimum Gasteiger partial charge on any atom is -0.326 e. The molecule has 5 heteroatoms. The smallest absolute Gasteiger partial charge is 0.0666 e. The number of rotatable bonds is 6. The Balaban J connectivity index is 2.92. The SMILES string of the molecule is CCN(CC(C)C#N)C(c1cc(Br)cs1)C(C)N. The maximum atomic E-state index is 8.96. The van der Waals surface area contributed by atoms with E-state index in [4.69, 9.17) is 11.0 Å². The second-order valence-electron chi connectivity index (χ2n) is 4.59. The Morgan fingerprint density at radius 1 is 1.56 bits per heavy atom. The van der Waals surface area contributed by atoms with E-state index < -0.39 is 0 Å². The number of nitriles is 1. The van der Waals surface area contributed by atoms with Gasteiger partial charge in [-0.25, -0.2) is 0 Å². The van der Waals surface area contributed by atoms with Crippen LogP contribution < -0.4 is 5.73 Å². The Bertz CT molecular complexity index is 411. The van der Waals surface area contributed by atoms with Crippen molar-refractivity contribution < 1.29 is 0 Å². The van der Waals surface area contributed by atoms with Crippen LogP contribution in [0.5, 0.6) is 0 Å². The molecular formula is C13H20BrN3S. The lowest BCUT2D eigenvalue weighted by Crippen LogP contribution is -2.41. The zero-order valence-electron chi connectivity index (χ0n) is 11.1. The van der Waals surface area contributed by atoms with Gasteiger partial charge in [-0.2, -0.15) is 5.26 Å². The molecule has 0 saturated heterocycles. The normalized spacial score (nSPS) is 16.3. The molecule has 0 aliphatic heterocycles. The highest BCUT2D eigenvalue weighted by atomic mass is 79.9. The molecule has 100 valence electrons. The van der Waals surface area contributed by atoms with E-state index in [0.29, 0.717) is 0 Å². The van der Waals surface area contributed by atoms with Crippen LogP contribution in [-0.2, 0) is 0 Å². The molecule has 0 radical (unpaired) electrons. The predicted molar refractivity (Wildman–Crippen MR) is 80.4 cm³/mol. The summed E-state index contributed by atoms with van der Waals surface area (Å²) >= 11 is 5.20. The molecule has 18 heavy (non-hydrogen) atoms. The quantitative estimate of drug-likeness (QED) is 0.870. The summed E-state index contributed by atoms with van der Waals surface area (Å²) in [7, 11) is 0. The Morgan fingerprint density at radius 2 is 2.22 bits per heavy atom. The second kappa shape index (κ2) is 7.25. The fourth-order valence-electron chi connectivity index (χ4n) is 2.09. The van der Waals surface area contributed by atoms with Crippen molar-refractivity contribution in [1.82, 2.24) is 4.90 Å². The summed E-state index contributed by atoms with van der Waals surface area (Å²) in [5, 5.41) is 11.0. The molecule has 0 saturated carbocycles. The Hall–Kier alpha value is -0.410. The molecule has 3 atom stereocenters. The standard InChI is InChI=1S/C13H20BrN3S/c1-4-17(7-9(2)6-15)13(10(3)16)12-5-11(14)8-18-12/h5,8-10,13H,4,7,16H2,1-3H3. The van der Waals surface area contributed by atoms with Gasteiger partial charge in [-0.3, -0.25) is 4.90 Å². The van der Waals surface area contributed by atoms with Crippen molar-refractivity contribution in [2.75, 3.05) is 13.1 Å². The van der Waals surface area contributed by atoms with Crippen LogP contribution >= 0.6 is 27.3 Å². The first kappa shape index (κ1) is 15.6. The van der Waals surface area contributed by atoms with Gasteiger partial charge in [-0.1, -0.05) is 6.92 Å². The summed E-state index contributed by atoms with van der Waals surface area (Å²) in [6.07, 6.45) is 0. The van der Waals surface area contributed by atoms with Gasteiger partial charge in [0.2, 0.25) is 0 Å². The van der Waals surface area contributed by atoms with Crippen LogP contribution in [0.4, 0.5) is 0 Å². The predicted octanol–water partition coefficient (Wildman–Crippen LogP) is 3.38. The molecule has 0 fully saturated rings. The third-order valence-corrected chi connectivity index (χ3v) is 4.67. The van der Waals surface area contributed by atoms with Gasteiger partial charge in [-0.15, -0.1) is 11.3 Å². The van der Waals surface area contributed by atoms with E-state index in [-0.39, 0.29) is 18.0 Å². The summed E-state index contributed by atoms with van der Waals surface area (Å²) in [5.74, 6) is 0.0228.